The number of benzene rings is 1. The molecule has 2 atom stereocenters. The van der Waals surface area contributed by atoms with E-state index in [-0.39, 0.29) is 0 Å². The average molecular weight is 233 g/mol. The number of rotatable bonds is 3. The highest BCUT2D eigenvalue weighted by Crippen LogP contribution is 2.33. The number of phenolic OH excluding ortho intramolecular Hbond substituents is 1. The highest BCUT2D eigenvalue weighted by atomic mass is 16.3. The molecule has 1 fully saturated rings. The van der Waals surface area contributed by atoms with Crippen LogP contribution in [0.3, 0.4) is 0 Å². The van der Waals surface area contributed by atoms with E-state index in [0.29, 0.717) is 17.7 Å². The third-order valence-corrected chi connectivity index (χ3v) is 3.95. The number of hydrogen-bond acceptors (Lipinski definition) is 2. The number of hydrogen-bond donors (Lipinski definition) is 1. The molecule has 1 aliphatic heterocycles. The van der Waals surface area contributed by atoms with Gasteiger partial charge < -0.3 is 10.0 Å². The van der Waals surface area contributed by atoms with Crippen molar-refractivity contribution < 1.29 is 5.11 Å². The minimum Gasteiger partial charge on any atom is -0.508 e. The van der Waals surface area contributed by atoms with Crippen LogP contribution in [0.5, 0.6) is 5.75 Å². The zero-order chi connectivity index (χ0) is 12.3. The molecular formula is C15H23NO. The molecule has 94 valence electrons. The maximum atomic E-state index is 9.35. The molecule has 1 aromatic rings. The first-order valence-corrected chi connectivity index (χ1v) is 6.75. The van der Waals surface area contributed by atoms with E-state index in [1.54, 1.807) is 12.1 Å². The van der Waals surface area contributed by atoms with Gasteiger partial charge in [0.05, 0.1) is 0 Å². The molecule has 2 heteroatoms. The Morgan fingerprint density at radius 2 is 2.00 bits per heavy atom. The van der Waals surface area contributed by atoms with Crippen molar-refractivity contribution in [2.75, 3.05) is 13.1 Å². The molecule has 0 spiro atoms. The summed E-state index contributed by atoms with van der Waals surface area (Å²) in [5, 5.41) is 9.35. The molecule has 2 rings (SSSR count). The van der Waals surface area contributed by atoms with Gasteiger partial charge in [-0.3, -0.25) is 0 Å². The van der Waals surface area contributed by atoms with Gasteiger partial charge in [0.15, 0.2) is 0 Å². The quantitative estimate of drug-likeness (QED) is 0.865. The van der Waals surface area contributed by atoms with Crippen molar-refractivity contribution in [2.45, 2.75) is 45.1 Å². The standard InChI is InChI=1S/C15H23NO/c1-3-10-16-11-4-5-15(12(16)2)13-6-8-14(17)9-7-13/h6-9,12,15,17H,3-5,10-11H2,1-2H3/t12-,15-/m1/s1. The van der Waals surface area contributed by atoms with E-state index in [9.17, 15) is 5.11 Å². The Morgan fingerprint density at radius 1 is 1.29 bits per heavy atom. The summed E-state index contributed by atoms with van der Waals surface area (Å²) < 4.78 is 0. The Kier molecular flexibility index (Phi) is 4.06. The van der Waals surface area contributed by atoms with Crippen molar-refractivity contribution in [2.24, 2.45) is 0 Å². The smallest absolute Gasteiger partial charge is 0.115 e. The lowest BCUT2D eigenvalue weighted by atomic mass is 9.84. The number of phenols is 1. The van der Waals surface area contributed by atoms with E-state index < -0.39 is 0 Å². The molecule has 0 unspecified atom stereocenters. The van der Waals surface area contributed by atoms with Gasteiger partial charge in [-0.1, -0.05) is 19.1 Å². The van der Waals surface area contributed by atoms with Crippen molar-refractivity contribution in [1.29, 1.82) is 0 Å². The van der Waals surface area contributed by atoms with Crippen molar-refractivity contribution in [1.82, 2.24) is 4.90 Å². The van der Waals surface area contributed by atoms with Crippen molar-refractivity contribution in [3.8, 4) is 5.75 Å². The summed E-state index contributed by atoms with van der Waals surface area (Å²) in [6.45, 7) is 7.03. The highest BCUT2D eigenvalue weighted by Gasteiger charge is 2.28. The largest absolute Gasteiger partial charge is 0.508 e. The molecule has 0 saturated carbocycles. The highest BCUT2D eigenvalue weighted by molar-refractivity contribution is 5.29. The van der Waals surface area contributed by atoms with Crippen LogP contribution in [0.15, 0.2) is 24.3 Å². The van der Waals surface area contributed by atoms with Crippen molar-refractivity contribution in [3.63, 3.8) is 0 Å². The molecule has 1 heterocycles. The van der Waals surface area contributed by atoms with Crippen LogP contribution in [0.1, 0.15) is 44.6 Å². The van der Waals surface area contributed by atoms with Crippen LogP contribution in [0, 0.1) is 0 Å². The van der Waals surface area contributed by atoms with E-state index in [1.165, 1.54) is 37.9 Å². The van der Waals surface area contributed by atoms with E-state index in [4.69, 9.17) is 0 Å². The summed E-state index contributed by atoms with van der Waals surface area (Å²) in [5.74, 6) is 0.985. The lowest BCUT2D eigenvalue weighted by molar-refractivity contribution is 0.139. The zero-order valence-electron chi connectivity index (χ0n) is 10.9. The second-order valence-corrected chi connectivity index (χ2v) is 5.12. The fraction of sp³-hybridized carbons (Fsp3) is 0.600. The third kappa shape index (κ3) is 2.81. The van der Waals surface area contributed by atoms with Gasteiger partial charge in [0.1, 0.15) is 5.75 Å². The average Bonchev–Trinajstić information content (AvgIpc) is 2.34. The molecule has 0 bridgehead atoms. The number of piperidine rings is 1. The maximum absolute atomic E-state index is 9.35. The number of likely N-dealkylation sites (tertiary alicyclic amines) is 1. The molecule has 0 amide bonds. The van der Waals surface area contributed by atoms with E-state index in [2.05, 4.69) is 30.9 Å². The molecule has 17 heavy (non-hydrogen) atoms. The molecule has 2 nitrogen and oxygen atoms in total. The Labute approximate surface area is 104 Å². The minimum absolute atomic E-state index is 0.364. The number of aromatic hydroxyl groups is 1. The van der Waals surface area contributed by atoms with Gasteiger partial charge in [0.25, 0.3) is 0 Å². The van der Waals surface area contributed by atoms with Gasteiger partial charge in [-0.25, -0.2) is 0 Å². The summed E-state index contributed by atoms with van der Waals surface area (Å²) in [4.78, 5) is 2.60. The molecule has 1 N–H and O–H groups in total. The van der Waals surface area contributed by atoms with Gasteiger partial charge >= 0.3 is 0 Å². The molecular weight excluding hydrogens is 210 g/mol. The topological polar surface area (TPSA) is 23.5 Å². The first kappa shape index (κ1) is 12.4. The van der Waals surface area contributed by atoms with Gasteiger partial charge in [-0.05, 0) is 62.9 Å². The second-order valence-electron chi connectivity index (χ2n) is 5.12. The van der Waals surface area contributed by atoms with E-state index in [0.717, 1.165) is 0 Å². The summed E-state index contributed by atoms with van der Waals surface area (Å²) in [6, 6.07) is 8.38. The summed E-state index contributed by atoms with van der Waals surface area (Å²) in [7, 11) is 0. The zero-order valence-corrected chi connectivity index (χ0v) is 10.9. The van der Waals surface area contributed by atoms with Crippen molar-refractivity contribution in [3.05, 3.63) is 29.8 Å². The molecule has 1 aliphatic rings. The van der Waals surface area contributed by atoms with Gasteiger partial charge in [0.2, 0.25) is 0 Å². The second kappa shape index (κ2) is 5.54. The summed E-state index contributed by atoms with van der Waals surface area (Å²) >= 11 is 0. The lowest BCUT2D eigenvalue weighted by Crippen LogP contribution is -2.42. The molecule has 1 saturated heterocycles. The first-order chi connectivity index (χ1) is 8.22. The molecule has 0 radical (unpaired) electrons. The van der Waals surface area contributed by atoms with Crippen LogP contribution in [-0.2, 0) is 0 Å². The Balaban J connectivity index is 2.11. The van der Waals surface area contributed by atoms with Crippen LogP contribution in [0.2, 0.25) is 0 Å². The maximum Gasteiger partial charge on any atom is 0.115 e. The van der Waals surface area contributed by atoms with Gasteiger partial charge in [-0.15, -0.1) is 0 Å². The number of nitrogens with zero attached hydrogens (tertiary/aromatic N) is 1. The lowest BCUT2D eigenvalue weighted by Gasteiger charge is -2.39. The predicted molar refractivity (Wildman–Crippen MR) is 71.4 cm³/mol. The Bertz CT molecular complexity index is 344. The fourth-order valence-corrected chi connectivity index (χ4v) is 2.98. The SMILES string of the molecule is CCCN1CCC[C@@H](c2ccc(O)cc2)[C@H]1C. The van der Waals surface area contributed by atoms with Crippen LogP contribution in [0.25, 0.3) is 0 Å². The minimum atomic E-state index is 0.364. The van der Waals surface area contributed by atoms with Gasteiger partial charge in [0, 0.05) is 6.04 Å². The molecule has 1 aromatic carbocycles. The van der Waals surface area contributed by atoms with E-state index in [1.807, 2.05) is 0 Å². The predicted octanol–water partition coefficient (Wildman–Crippen LogP) is 3.37. The van der Waals surface area contributed by atoms with Gasteiger partial charge in [-0.2, -0.15) is 0 Å². The molecule has 0 aromatic heterocycles. The van der Waals surface area contributed by atoms with Crippen LogP contribution >= 0.6 is 0 Å². The Morgan fingerprint density at radius 3 is 2.65 bits per heavy atom. The third-order valence-electron chi connectivity index (χ3n) is 3.95. The monoisotopic (exact) mass is 233 g/mol. The molecule has 0 aliphatic carbocycles. The van der Waals surface area contributed by atoms with Crippen molar-refractivity contribution >= 4 is 0 Å². The summed E-state index contributed by atoms with van der Waals surface area (Å²) in [5.41, 5.74) is 1.37. The van der Waals surface area contributed by atoms with Crippen LogP contribution in [-0.4, -0.2) is 29.1 Å². The van der Waals surface area contributed by atoms with Crippen LogP contribution in [0.4, 0.5) is 0 Å². The van der Waals surface area contributed by atoms with E-state index >= 15 is 0 Å². The normalized spacial score (nSPS) is 26.0. The van der Waals surface area contributed by atoms with Crippen LogP contribution < -0.4 is 0 Å². The fourth-order valence-electron chi connectivity index (χ4n) is 2.98. The summed E-state index contributed by atoms with van der Waals surface area (Å²) in [6.07, 6.45) is 3.79. The Hall–Kier alpha value is -1.02. The first-order valence-electron chi connectivity index (χ1n) is 6.75.